The van der Waals surface area contributed by atoms with E-state index < -0.39 is 4.92 Å². The molecule has 0 atom stereocenters. The van der Waals surface area contributed by atoms with Crippen LogP contribution in [0.2, 0.25) is 0 Å². The van der Waals surface area contributed by atoms with Gasteiger partial charge >= 0.3 is 0 Å². The van der Waals surface area contributed by atoms with Gasteiger partial charge in [0.05, 0.1) is 16.0 Å². The zero-order valence-electron chi connectivity index (χ0n) is 9.85. The van der Waals surface area contributed by atoms with E-state index in [1.807, 2.05) is 0 Å². The average Bonchev–Trinajstić information content (AvgIpc) is 3.07. The first-order valence-corrected chi connectivity index (χ1v) is 6.10. The largest absolute Gasteiger partial charge is 0.356 e. The van der Waals surface area contributed by atoms with E-state index in [4.69, 9.17) is 0 Å². The Morgan fingerprint density at radius 1 is 1.50 bits per heavy atom. The molecule has 2 N–H and O–H groups in total. The third-order valence-electron chi connectivity index (χ3n) is 3.22. The second kappa shape index (κ2) is 4.29. The highest BCUT2D eigenvalue weighted by atomic mass is 16.6. The third kappa shape index (κ3) is 2.27. The normalized spacial score (nSPS) is 14.9. The van der Waals surface area contributed by atoms with E-state index in [2.05, 4.69) is 15.3 Å². The zero-order chi connectivity index (χ0) is 12.5. The number of anilines is 1. The summed E-state index contributed by atoms with van der Waals surface area (Å²) in [4.78, 5) is 17.7. The fraction of sp³-hybridized carbons (Fsp3) is 0.417. The average molecular weight is 246 g/mol. The van der Waals surface area contributed by atoms with E-state index in [0.29, 0.717) is 11.5 Å². The molecule has 0 spiro atoms. The van der Waals surface area contributed by atoms with Crippen LogP contribution in [0.5, 0.6) is 0 Å². The van der Waals surface area contributed by atoms with Crippen molar-refractivity contribution >= 4 is 22.7 Å². The second-order valence-electron chi connectivity index (χ2n) is 4.70. The minimum atomic E-state index is -0.402. The van der Waals surface area contributed by atoms with Crippen molar-refractivity contribution in [2.24, 2.45) is 5.92 Å². The predicted molar refractivity (Wildman–Crippen MR) is 68.6 cm³/mol. The van der Waals surface area contributed by atoms with Gasteiger partial charge < -0.3 is 10.3 Å². The van der Waals surface area contributed by atoms with Crippen molar-refractivity contribution < 1.29 is 4.92 Å². The summed E-state index contributed by atoms with van der Waals surface area (Å²) in [6.07, 6.45) is 3.85. The Bertz CT molecular complexity index is 589. The summed E-state index contributed by atoms with van der Waals surface area (Å²) in [5.41, 5.74) is 1.52. The Morgan fingerprint density at radius 3 is 3.06 bits per heavy atom. The third-order valence-corrected chi connectivity index (χ3v) is 3.22. The molecule has 1 saturated carbocycles. The van der Waals surface area contributed by atoms with E-state index >= 15 is 0 Å². The Hall–Kier alpha value is -2.11. The molecule has 18 heavy (non-hydrogen) atoms. The number of hydrogen-bond acceptors (Lipinski definition) is 4. The van der Waals surface area contributed by atoms with Crippen LogP contribution in [0.15, 0.2) is 18.2 Å². The molecule has 0 amide bonds. The van der Waals surface area contributed by atoms with Crippen molar-refractivity contribution in [3.8, 4) is 0 Å². The number of H-pyrrole nitrogens is 1. The van der Waals surface area contributed by atoms with Crippen molar-refractivity contribution in [3.63, 3.8) is 0 Å². The molecule has 6 heteroatoms. The Labute approximate surface area is 104 Å². The number of fused-ring (bicyclic) bond motifs is 1. The number of hydrogen-bond donors (Lipinski definition) is 2. The lowest BCUT2D eigenvalue weighted by atomic mass is 10.3. The maximum absolute atomic E-state index is 10.7. The minimum absolute atomic E-state index is 0.0793. The van der Waals surface area contributed by atoms with Crippen LogP contribution in [0.4, 0.5) is 11.6 Å². The van der Waals surface area contributed by atoms with Gasteiger partial charge in [0.25, 0.3) is 5.69 Å². The van der Waals surface area contributed by atoms with Gasteiger partial charge in [-0.3, -0.25) is 10.1 Å². The first-order valence-electron chi connectivity index (χ1n) is 6.10. The van der Waals surface area contributed by atoms with Crippen molar-refractivity contribution in [1.82, 2.24) is 9.97 Å². The lowest BCUT2D eigenvalue weighted by molar-refractivity contribution is -0.384. The molecule has 3 rings (SSSR count). The van der Waals surface area contributed by atoms with Crippen molar-refractivity contribution in [2.75, 3.05) is 11.9 Å². The molecule has 1 aliphatic carbocycles. The minimum Gasteiger partial charge on any atom is -0.356 e. The van der Waals surface area contributed by atoms with Gasteiger partial charge in [-0.15, -0.1) is 0 Å². The Balaban J connectivity index is 1.74. The summed E-state index contributed by atoms with van der Waals surface area (Å²) < 4.78 is 0. The fourth-order valence-corrected chi connectivity index (χ4v) is 2.00. The molecule has 6 nitrogen and oxygen atoms in total. The molecule has 1 fully saturated rings. The summed E-state index contributed by atoms with van der Waals surface area (Å²) in [5, 5.41) is 13.9. The number of nitrogens with zero attached hydrogens (tertiary/aromatic N) is 2. The van der Waals surface area contributed by atoms with Crippen LogP contribution >= 0.6 is 0 Å². The van der Waals surface area contributed by atoms with Gasteiger partial charge in [-0.1, -0.05) is 12.8 Å². The standard InChI is InChI=1S/C12H14N4O2/c17-16(18)9-3-4-10-11(7-9)15-12(14-10)13-6-5-8-1-2-8/h3-4,7-8H,1-2,5-6H2,(H2,13,14,15). The monoisotopic (exact) mass is 246 g/mol. The molecule has 1 aromatic heterocycles. The maximum Gasteiger partial charge on any atom is 0.271 e. The van der Waals surface area contributed by atoms with Crippen LogP contribution in [-0.2, 0) is 0 Å². The van der Waals surface area contributed by atoms with E-state index in [1.54, 1.807) is 6.07 Å². The molecule has 94 valence electrons. The predicted octanol–water partition coefficient (Wildman–Crippen LogP) is 2.68. The number of benzene rings is 1. The van der Waals surface area contributed by atoms with Gasteiger partial charge in [0.1, 0.15) is 0 Å². The highest BCUT2D eigenvalue weighted by Crippen LogP contribution is 2.32. The molecule has 0 radical (unpaired) electrons. The fourth-order valence-electron chi connectivity index (χ4n) is 2.00. The SMILES string of the molecule is O=[N+]([O-])c1ccc2nc(NCCC3CC3)[nH]c2c1. The van der Waals surface area contributed by atoms with E-state index in [-0.39, 0.29) is 5.69 Å². The van der Waals surface area contributed by atoms with Gasteiger partial charge in [0, 0.05) is 18.7 Å². The number of non-ortho nitro benzene ring substituents is 1. The molecular formula is C12H14N4O2. The van der Waals surface area contributed by atoms with E-state index in [9.17, 15) is 10.1 Å². The van der Waals surface area contributed by atoms with Crippen molar-refractivity contribution in [1.29, 1.82) is 0 Å². The van der Waals surface area contributed by atoms with Gasteiger partial charge in [0.2, 0.25) is 5.95 Å². The highest BCUT2D eigenvalue weighted by molar-refractivity contribution is 5.79. The first kappa shape index (κ1) is 11.0. The smallest absolute Gasteiger partial charge is 0.271 e. The number of imidazole rings is 1. The molecule has 1 aromatic carbocycles. The molecule has 0 unspecified atom stereocenters. The van der Waals surface area contributed by atoms with Crippen molar-refractivity contribution in [2.45, 2.75) is 19.3 Å². The molecule has 0 saturated heterocycles. The number of nitro groups is 1. The lowest BCUT2D eigenvalue weighted by Gasteiger charge is -1.99. The van der Waals surface area contributed by atoms with E-state index in [1.165, 1.54) is 25.0 Å². The van der Waals surface area contributed by atoms with Crippen molar-refractivity contribution in [3.05, 3.63) is 28.3 Å². The van der Waals surface area contributed by atoms with Gasteiger partial charge in [-0.25, -0.2) is 4.98 Å². The van der Waals surface area contributed by atoms with Gasteiger partial charge in [0.15, 0.2) is 0 Å². The molecule has 0 bridgehead atoms. The number of rotatable bonds is 5. The summed E-state index contributed by atoms with van der Waals surface area (Å²) >= 11 is 0. The molecule has 2 aromatic rings. The zero-order valence-corrected chi connectivity index (χ0v) is 9.85. The quantitative estimate of drug-likeness (QED) is 0.627. The Kier molecular flexibility index (Phi) is 2.62. The van der Waals surface area contributed by atoms with Crippen LogP contribution in [0, 0.1) is 16.0 Å². The molecule has 1 heterocycles. The molecule has 0 aliphatic heterocycles. The molecular weight excluding hydrogens is 232 g/mol. The van der Waals surface area contributed by atoms with Crippen LogP contribution < -0.4 is 5.32 Å². The van der Waals surface area contributed by atoms with Crippen LogP contribution in [0.3, 0.4) is 0 Å². The van der Waals surface area contributed by atoms with Crippen LogP contribution in [0.25, 0.3) is 11.0 Å². The topological polar surface area (TPSA) is 83.8 Å². The number of nitro benzene ring substituents is 1. The summed E-state index contributed by atoms with van der Waals surface area (Å²) in [5.74, 6) is 1.56. The Morgan fingerprint density at radius 2 is 2.33 bits per heavy atom. The number of aromatic nitrogens is 2. The summed E-state index contributed by atoms with van der Waals surface area (Å²) in [6, 6.07) is 4.64. The summed E-state index contributed by atoms with van der Waals surface area (Å²) in [7, 11) is 0. The van der Waals surface area contributed by atoms with Crippen LogP contribution in [-0.4, -0.2) is 21.4 Å². The second-order valence-corrected chi connectivity index (χ2v) is 4.70. The molecule has 1 aliphatic rings. The maximum atomic E-state index is 10.7. The lowest BCUT2D eigenvalue weighted by Crippen LogP contribution is -2.03. The first-order chi connectivity index (χ1) is 8.72. The highest BCUT2D eigenvalue weighted by Gasteiger charge is 2.20. The number of aromatic amines is 1. The number of nitrogens with one attached hydrogen (secondary N) is 2. The summed E-state index contributed by atoms with van der Waals surface area (Å²) in [6.45, 7) is 0.895. The van der Waals surface area contributed by atoms with Gasteiger partial charge in [-0.2, -0.15) is 0 Å². The van der Waals surface area contributed by atoms with Crippen LogP contribution in [0.1, 0.15) is 19.3 Å². The van der Waals surface area contributed by atoms with E-state index in [0.717, 1.165) is 24.4 Å². The van der Waals surface area contributed by atoms with Gasteiger partial charge in [-0.05, 0) is 18.4 Å².